The zero-order valence-corrected chi connectivity index (χ0v) is 32.5. The van der Waals surface area contributed by atoms with Crippen molar-refractivity contribution in [3.05, 3.63) is 200 Å². The van der Waals surface area contributed by atoms with Crippen LogP contribution in [-0.4, -0.2) is 24.1 Å². The van der Waals surface area contributed by atoms with Crippen molar-refractivity contribution in [2.24, 2.45) is 0 Å². The molecule has 0 amide bonds. The molecule has 0 N–H and O–H groups in total. The smallest absolute Gasteiger partial charge is 0.174 e. The molecule has 0 saturated carbocycles. The van der Waals surface area contributed by atoms with Gasteiger partial charge in [-0.1, -0.05) is 140 Å². The molecule has 0 unspecified atom stereocenters. The van der Waals surface area contributed by atoms with Gasteiger partial charge in [-0.15, -0.1) is 11.3 Å². The van der Waals surface area contributed by atoms with Gasteiger partial charge in [-0.3, -0.25) is 0 Å². The summed E-state index contributed by atoms with van der Waals surface area (Å²) in [4.78, 5) is 16.9. The third-order valence-corrected chi connectivity index (χ3v) is 12.5. The lowest BCUT2D eigenvalue weighted by molar-refractivity contribution is 1.07. The van der Waals surface area contributed by atoms with Crippen LogP contribution in [0.15, 0.2) is 200 Å². The maximum atomic E-state index is 5.35. The van der Waals surface area contributed by atoms with Crippen LogP contribution in [0.3, 0.4) is 0 Å². The number of rotatable bonds is 6. The molecule has 0 aliphatic heterocycles. The highest BCUT2D eigenvalue weighted by Gasteiger charge is 2.20. The van der Waals surface area contributed by atoms with Crippen molar-refractivity contribution in [2.75, 3.05) is 0 Å². The number of benzene rings is 8. The van der Waals surface area contributed by atoms with Crippen LogP contribution < -0.4 is 0 Å². The molecule has 0 aliphatic carbocycles. The van der Waals surface area contributed by atoms with Crippen molar-refractivity contribution in [1.29, 1.82) is 0 Å². The van der Waals surface area contributed by atoms with Crippen LogP contribution >= 0.6 is 11.3 Å². The Hall–Kier alpha value is -7.67. The lowest BCUT2D eigenvalue weighted by Gasteiger charge is -2.16. The number of thiophene rings is 1. The lowest BCUT2D eigenvalue weighted by atomic mass is 10.0. The number of hydrogen-bond donors (Lipinski definition) is 0. The minimum atomic E-state index is 0.609. The third kappa shape index (κ3) is 5.57. The summed E-state index contributed by atoms with van der Waals surface area (Å²) in [6, 6.07) is 71.1. The van der Waals surface area contributed by atoms with E-state index in [4.69, 9.17) is 15.0 Å². The summed E-state index contributed by atoms with van der Waals surface area (Å²) in [7, 11) is 0. The zero-order valence-electron chi connectivity index (χ0n) is 31.7. The van der Waals surface area contributed by atoms with Gasteiger partial charge in [0.2, 0.25) is 0 Å². The van der Waals surface area contributed by atoms with E-state index in [0.29, 0.717) is 17.5 Å². The van der Waals surface area contributed by atoms with Crippen LogP contribution in [0.5, 0.6) is 0 Å². The quantitative estimate of drug-likeness (QED) is 0.169. The van der Waals surface area contributed by atoms with E-state index >= 15 is 0 Å². The Bertz CT molecular complexity index is 3300. The summed E-state index contributed by atoms with van der Waals surface area (Å²) < 4.78 is 5.95. The van der Waals surface area contributed by atoms with Crippen LogP contribution in [-0.2, 0) is 0 Å². The Kier molecular flexibility index (Phi) is 7.64. The van der Waals surface area contributed by atoms with E-state index < -0.39 is 0 Å². The Labute approximate surface area is 343 Å². The molecule has 12 aromatic rings. The third-order valence-electron chi connectivity index (χ3n) is 11.3. The average molecular weight is 772 g/mol. The van der Waals surface area contributed by atoms with Gasteiger partial charge in [-0.05, 0) is 77.2 Å². The second kappa shape index (κ2) is 13.5. The van der Waals surface area contributed by atoms with Gasteiger partial charge < -0.3 is 9.13 Å². The molecule has 0 saturated heterocycles. The molecule has 0 aliphatic rings. The summed E-state index contributed by atoms with van der Waals surface area (Å²) in [6.45, 7) is 0. The number of para-hydroxylation sites is 4. The molecule has 0 spiro atoms. The van der Waals surface area contributed by atoms with Crippen molar-refractivity contribution in [3.63, 3.8) is 0 Å². The second-order valence-corrected chi connectivity index (χ2v) is 16.0. The zero-order chi connectivity index (χ0) is 38.9. The highest BCUT2D eigenvalue weighted by Crippen LogP contribution is 2.39. The maximum Gasteiger partial charge on any atom is 0.174 e. The largest absolute Gasteiger partial charge is 0.309 e. The van der Waals surface area contributed by atoms with E-state index in [-0.39, 0.29) is 0 Å². The Balaban J connectivity index is 1.15. The molecule has 6 heteroatoms. The van der Waals surface area contributed by atoms with E-state index in [1.165, 1.54) is 31.6 Å². The first-order valence-corrected chi connectivity index (χ1v) is 20.6. The maximum absolute atomic E-state index is 5.35. The molecule has 0 atom stereocenters. The van der Waals surface area contributed by atoms with Gasteiger partial charge >= 0.3 is 0 Å². The summed E-state index contributed by atoms with van der Waals surface area (Å²) in [5.41, 5.74) is 10.7. The van der Waals surface area contributed by atoms with Gasteiger partial charge in [0.15, 0.2) is 17.5 Å². The highest BCUT2D eigenvalue weighted by atomic mass is 32.1. The highest BCUT2D eigenvalue weighted by molar-refractivity contribution is 7.22. The molecule has 0 fully saturated rings. The van der Waals surface area contributed by atoms with Crippen LogP contribution in [0, 0.1) is 0 Å². The van der Waals surface area contributed by atoms with Crippen LogP contribution in [0.2, 0.25) is 0 Å². The summed E-state index contributed by atoms with van der Waals surface area (Å²) in [6.07, 6.45) is 0. The van der Waals surface area contributed by atoms with E-state index in [1.54, 1.807) is 11.3 Å². The van der Waals surface area contributed by atoms with Gasteiger partial charge in [0.05, 0.1) is 26.9 Å². The summed E-state index contributed by atoms with van der Waals surface area (Å²) in [5, 5.41) is 6.00. The van der Waals surface area contributed by atoms with Crippen LogP contribution in [0.25, 0.3) is 110 Å². The predicted octanol–water partition coefficient (Wildman–Crippen LogP) is 13.9. The molecule has 4 heterocycles. The first kappa shape index (κ1) is 33.5. The molecular weight excluding hydrogens is 739 g/mol. The van der Waals surface area contributed by atoms with E-state index in [1.807, 2.05) is 6.07 Å². The van der Waals surface area contributed by atoms with E-state index in [2.05, 4.69) is 203 Å². The molecule has 0 bridgehead atoms. The molecule has 0 radical (unpaired) electrons. The van der Waals surface area contributed by atoms with Crippen molar-refractivity contribution in [3.8, 4) is 56.0 Å². The molecule has 59 heavy (non-hydrogen) atoms. The molecular formula is C53H33N5S. The fraction of sp³-hybridized carbons (Fsp3) is 0. The lowest BCUT2D eigenvalue weighted by Crippen LogP contribution is -2.03. The van der Waals surface area contributed by atoms with Gasteiger partial charge in [0, 0.05) is 48.7 Å². The molecule has 12 rings (SSSR count). The Morgan fingerprint density at radius 1 is 0.322 bits per heavy atom. The van der Waals surface area contributed by atoms with Gasteiger partial charge in [0.25, 0.3) is 0 Å². The normalized spacial score (nSPS) is 11.7. The average Bonchev–Trinajstić information content (AvgIpc) is 4.00. The van der Waals surface area contributed by atoms with Crippen molar-refractivity contribution >= 4 is 65.0 Å². The number of fused-ring (bicyclic) bond motifs is 7. The van der Waals surface area contributed by atoms with Crippen molar-refractivity contribution in [1.82, 2.24) is 24.1 Å². The fourth-order valence-electron chi connectivity index (χ4n) is 8.69. The minimum absolute atomic E-state index is 0.609. The molecule has 8 aromatic carbocycles. The predicted molar refractivity (Wildman–Crippen MR) is 246 cm³/mol. The monoisotopic (exact) mass is 771 g/mol. The van der Waals surface area contributed by atoms with Crippen molar-refractivity contribution < 1.29 is 0 Å². The SMILES string of the molecule is c1ccc(-c2cccc(-c3nc(-c4cc(-n5c6ccccc6c6ccccc65)cc(-n5c6ccccc6c6ccccc65)c4)nc(-c4cc5ccccc5s4)n3)c2)cc1. The van der Waals surface area contributed by atoms with E-state index in [0.717, 1.165) is 60.6 Å². The first-order chi connectivity index (χ1) is 29.2. The topological polar surface area (TPSA) is 48.5 Å². The standard InChI is InChI=1S/C53H33N5S/c1-2-15-34(16-3-1)35-18-14-19-37(29-35)51-54-52(56-53(55-51)50-32-36-17-4-13-28-49(36)59-50)38-30-39(57-45-24-9-5-20-41(45)42-21-6-10-25-46(42)57)33-40(31-38)58-47-26-11-7-22-43(47)44-23-8-12-27-48(44)58/h1-33H. The second-order valence-electron chi connectivity index (χ2n) is 14.9. The number of aromatic nitrogens is 5. The molecule has 5 nitrogen and oxygen atoms in total. The van der Waals surface area contributed by atoms with Crippen LogP contribution in [0.4, 0.5) is 0 Å². The van der Waals surface area contributed by atoms with Gasteiger partial charge in [0.1, 0.15) is 0 Å². The molecule has 276 valence electrons. The summed E-state index contributed by atoms with van der Waals surface area (Å²) >= 11 is 1.71. The minimum Gasteiger partial charge on any atom is -0.309 e. The van der Waals surface area contributed by atoms with E-state index in [9.17, 15) is 0 Å². The Morgan fingerprint density at radius 3 is 1.36 bits per heavy atom. The molecule has 4 aromatic heterocycles. The first-order valence-electron chi connectivity index (χ1n) is 19.8. The number of hydrogen-bond acceptors (Lipinski definition) is 4. The summed E-state index contributed by atoms with van der Waals surface area (Å²) in [5.74, 6) is 1.88. The van der Waals surface area contributed by atoms with Crippen molar-refractivity contribution in [2.45, 2.75) is 0 Å². The Morgan fingerprint density at radius 2 is 0.780 bits per heavy atom. The number of nitrogens with zero attached hydrogens (tertiary/aromatic N) is 5. The van der Waals surface area contributed by atoms with Gasteiger partial charge in [-0.2, -0.15) is 0 Å². The van der Waals surface area contributed by atoms with Gasteiger partial charge in [-0.25, -0.2) is 15.0 Å². The van der Waals surface area contributed by atoms with Crippen LogP contribution in [0.1, 0.15) is 0 Å². The fourth-order valence-corrected chi connectivity index (χ4v) is 9.69.